The van der Waals surface area contributed by atoms with E-state index >= 15 is 0 Å². The lowest BCUT2D eigenvalue weighted by Crippen LogP contribution is -2.36. The smallest absolute Gasteiger partial charge is 0.274 e. The summed E-state index contributed by atoms with van der Waals surface area (Å²) in [5, 5.41) is 9.35. The van der Waals surface area contributed by atoms with Crippen molar-refractivity contribution in [1.82, 2.24) is 29.4 Å². The fraction of sp³-hybridized carbons (Fsp3) is 0.174. The highest BCUT2D eigenvalue weighted by Crippen LogP contribution is 2.21. The SMILES string of the molecule is CN(C)C(=O)CNC(=O)c1cnn(C)c1C(=O)Nc1ccn2cc(-c3ccccc3)nc2c1. The summed E-state index contributed by atoms with van der Waals surface area (Å²) in [7, 11) is 4.76. The third-order valence-corrected chi connectivity index (χ3v) is 5.09. The van der Waals surface area contributed by atoms with Gasteiger partial charge >= 0.3 is 0 Å². The summed E-state index contributed by atoms with van der Waals surface area (Å²) < 4.78 is 3.18. The first-order valence-corrected chi connectivity index (χ1v) is 10.2. The van der Waals surface area contributed by atoms with Crippen LogP contribution in [0, 0.1) is 0 Å². The number of hydrogen-bond donors (Lipinski definition) is 2. The number of fused-ring (bicyclic) bond motifs is 1. The van der Waals surface area contributed by atoms with E-state index in [1.807, 2.05) is 40.9 Å². The first-order chi connectivity index (χ1) is 15.8. The van der Waals surface area contributed by atoms with Gasteiger partial charge in [-0.2, -0.15) is 5.10 Å². The monoisotopic (exact) mass is 445 g/mol. The molecule has 3 amide bonds. The van der Waals surface area contributed by atoms with Gasteiger partial charge in [0.15, 0.2) is 0 Å². The zero-order valence-corrected chi connectivity index (χ0v) is 18.4. The van der Waals surface area contributed by atoms with Crippen molar-refractivity contribution in [3.8, 4) is 11.3 Å². The molecule has 10 heteroatoms. The van der Waals surface area contributed by atoms with Crippen molar-refractivity contribution < 1.29 is 14.4 Å². The predicted octanol–water partition coefficient (Wildman–Crippen LogP) is 1.81. The van der Waals surface area contributed by atoms with Gasteiger partial charge in [0.25, 0.3) is 11.8 Å². The molecule has 2 N–H and O–H groups in total. The lowest BCUT2D eigenvalue weighted by Gasteiger charge is -2.11. The molecular weight excluding hydrogens is 422 g/mol. The number of aromatic nitrogens is 4. The van der Waals surface area contributed by atoms with Gasteiger partial charge in [-0.3, -0.25) is 19.1 Å². The Labute approximate surface area is 189 Å². The standard InChI is InChI=1S/C23H23N7O3/c1-28(2)20(31)13-24-22(32)17-12-25-29(3)21(17)23(33)26-16-9-10-30-14-18(27-19(30)11-16)15-7-5-4-6-8-15/h4-12,14H,13H2,1-3H3,(H,24,32)(H,26,33). The molecule has 1 aromatic carbocycles. The molecule has 0 saturated heterocycles. The fourth-order valence-electron chi connectivity index (χ4n) is 3.28. The summed E-state index contributed by atoms with van der Waals surface area (Å²) >= 11 is 0. The number of nitrogens with zero attached hydrogens (tertiary/aromatic N) is 5. The van der Waals surface area contributed by atoms with Crippen molar-refractivity contribution in [1.29, 1.82) is 0 Å². The van der Waals surface area contributed by atoms with Crippen LogP contribution in [0.2, 0.25) is 0 Å². The van der Waals surface area contributed by atoms with E-state index in [1.165, 1.54) is 15.8 Å². The molecule has 168 valence electrons. The number of carbonyl (C=O) groups excluding carboxylic acids is 3. The van der Waals surface area contributed by atoms with Crippen LogP contribution >= 0.6 is 0 Å². The Morgan fingerprint density at radius 2 is 1.82 bits per heavy atom. The maximum Gasteiger partial charge on any atom is 0.274 e. The molecule has 0 aliphatic rings. The summed E-state index contributed by atoms with van der Waals surface area (Å²) in [5.41, 5.74) is 3.15. The van der Waals surface area contributed by atoms with Crippen LogP contribution in [0.5, 0.6) is 0 Å². The Bertz CT molecular complexity index is 1340. The second kappa shape index (κ2) is 8.95. The van der Waals surface area contributed by atoms with Crippen molar-refractivity contribution in [2.24, 2.45) is 7.05 Å². The van der Waals surface area contributed by atoms with Gasteiger partial charge in [0, 0.05) is 50.9 Å². The maximum absolute atomic E-state index is 13.0. The van der Waals surface area contributed by atoms with E-state index in [0.717, 1.165) is 11.3 Å². The van der Waals surface area contributed by atoms with Crippen LogP contribution in [-0.2, 0) is 11.8 Å². The third kappa shape index (κ3) is 4.59. The summed E-state index contributed by atoms with van der Waals surface area (Å²) in [4.78, 5) is 43.3. The quantitative estimate of drug-likeness (QED) is 0.470. The topological polar surface area (TPSA) is 114 Å². The van der Waals surface area contributed by atoms with E-state index in [1.54, 1.807) is 39.5 Å². The van der Waals surface area contributed by atoms with E-state index in [4.69, 9.17) is 0 Å². The van der Waals surface area contributed by atoms with Crippen LogP contribution in [0.25, 0.3) is 16.9 Å². The van der Waals surface area contributed by atoms with E-state index in [-0.39, 0.29) is 23.7 Å². The number of carbonyl (C=O) groups is 3. The van der Waals surface area contributed by atoms with Gasteiger partial charge in [0.1, 0.15) is 11.3 Å². The summed E-state index contributed by atoms with van der Waals surface area (Å²) in [5.74, 6) is -1.32. The van der Waals surface area contributed by atoms with Crippen molar-refractivity contribution in [3.63, 3.8) is 0 Å². The normalized spacial score (nSPS) is 10.8. The zero-order chi connectivity index (χ0) is 23.5. The first kappa shape index (κ1) is 21.8. The minimum absolute atomic E-state index is 0.0785. The Hall–Kier alpha value is -4.47. The lowest BCUT2D eigenvalue weighted by atomic mass is 10.2. The van der Waals surface area contributed by atoms with Gasteiger partial charge in [-0.05, 0) is 6.07 Å². The van der Waals surface area contributed by atoms with Gasteiger partial charge < -0.3 is 19.9 Å². The molecule has 0 atom stereocenters. The number of likely N-dealkylation sites (N-methyl/N-ethyl adjacent to an activating group) is 1. The van der Waals surface area contributed by atoms with Crippen molar-refractivity contribution in [3.05, 3.63) is 72.3 Å². The minimum Gasteiger partial charge on any atom is -0.347 e. The molecule has 0 spiro atoms. The number of hydrogen-bond acceptors (Lipinski definition) is 5. The molecule has 0 aliphatic carbocycles. The highest BCUT2D eigenvalue weighted by atomic mass is 16.2. The summed E-state index contributed by atoms with van der Waals surface area (Å²) in [6.07, 6.45) is 5.01. The Morgan fingerprint density at radius 3 is 2.55 bits per heavy atom. The van der Waals surface area contributed by atoms with Crippen molar-refractivity contribution >= 4 is 29.1 Å². The van der Waals surface area contributed by atoms with E-state index < -0.39 is 11.8 Å². The average Bonchev–Trinajstić information content (AvgIpc) is 3.41. The highest BCUT2D eigenvalue weighted by Gasteiger charge is 2.23. The molecule has 4 rings (SSSR count). The van der Waals surface area contributed by atoms with Gasteiger partial charge in [-0.25, -0.2) is 4.98 Å². The van der Waals surface area contributed by atoms with Crippen LogP contribution in [0.3, 0.4) is 0 Å². The van der Waals surface area contributed by atoms with Gasteiger partial charge in [0.05, 0.1) is 24.0 Å². The molecule has 0 saturated carbocycles. The second-order valence-corrected chi connectivity index (χ2v) is 7.63. The van der Waals surface area contributed by atoms with Gasteiger partial charge in [-0.1, -0.05) is 30.3 Å². The molecule has 0 unspecified atom stereocenters. The second-order valence-electron chi connectivity index (χ2n) is 7.63. The fourth-order valence-corrected chi connectivity index (χ4v) is 3.28. The molecule has 0 radical (unpaired) electrons. The summed E-state index contributed by atoms with van der Waals surface area (Å²) in [6.45, 7) is -0.178. The van der Waals surface area contributed by atoms with E-state index in [9.17, 15) is 14.4 Å². The largest absolute Gasteiger partial charge is 0.347 e. The molecule has 3 aromatic heterocycles. The number of nitrogens with one attached hydrogen (secondary N) is 2. The Kier molecular flexibility index (Phi) is 5.90. The minimum atomic E-state index is -0.556. The van der Waals surface area contributed by atoms with Crippen LogP contribution in [0.15, 0.2) is 61.1 Å². The average molecular weight is 445 g/mol. The van der Waals surface area contributed by atoms with Crippen LogP contribution in [0.4, 0.5) is 5.69 Å². The number of anilines is 1. The van der Waals surface area contributed by atoms with Crippen LogP contribution in [0.1, 0.15) is 20.8 Å². The number of benzene rings is 1. The predicted molar refractivity (Wildman–Crippen MR) is 123 cm³/mol. The zero-order valence-electron chi connectivity index (χ0n) is 18.4. The molecule has 3 heterocycles. The van der Waals surface area contributed by atoms with Gasteiger partial charge in [0.2, 0.25) is 5.91 Å². The first-order valence-electron chi connectivity index (χ1n) is 10.2. The number of imidazole rings is 1. The lowest BCUT2D eigenvalue weighted by molar-refractivity contribution is -0.127. The maximum atomic E-state index is 13.0. The molecule has 0 fully saturated rings. The highest BCUT2D eigenvalue weighted by molar-refractivity contribution is 6.11. The van der Waals surface area contributed by atoms with Crippen LogP contribution < -0.4 is 10.6 Å². The van der Waals surface area contributed by atoms with Crippen molar-refractivity contribution in [2.75, 3.05) is 26.0 Å². The molecule has 33 heavy (non-hydrogen) atoms. The van der Waals surface area contributed by atoms with Crippen LogP contribution in [-0.4, -0.2) is 62.4 Å². The Balaban J connectivity index is 1.53. The molecule has 0 aliphatic heterocycles. The summed E-state index contributed by atoms with van der Waals surface area (Å²) in [6, 6.07) is 13.3. The molecule has 10 nitrogen and oxygen atoms in total. The number of rotatable bonds is 6. The number of amides is 3. The third-order valence-electron chi connectivity index (χ3n) is 5.09. The number of aryl methyl sites for hydroxylation is 1. The Morgan fingerprint density at radius 1 is 1.06 bits per heavy atom. The molecule has 0 bridgehead atoms. The molecular formula is C23H23N7O3. The van der Waals surface area contributed by atoms with Gasteiger partial charge in [-0.15, -0.1) is 0 Å². The van der Waals surface area contributed by atoms with E-state index in [2.05, 4.69) is 20.7 Å². The molecule has 4 aromatic rings. The van der Waals surface area contributed by atoms with Crippen molar-refractivity contribution in [2.45, 2.75) is 0 Å². The number of pyridine rings is 1. The van der Waals surface area contributed by atoms with E-state index in [0.29, 0.717) is 11.3 Å².